The monoisotopic (exact) mass is 494 g/mol. The first-order valence-corrected chi connectivity index (χ1v) is 12.3. The normalized spacial score (nSPS) is 27.8. The van der Waals surface area contributed by atoms with Crippen LogP contribution in [0, 0.1) is 0 Å². The van der Waals surface area contributed by atoms with E-state index in [9.17, 15) is 23.8 Å². The van der Waals surface area contributed by atoms with Crippen molar-refractivity contribution in [3.05, 3.63) is 64.7 Å². The Labute approximate surface area is 201 Å². The number of fused-ring (bicyclic) bond motifs is 1. The highest BCUT2D eigenvalue weighted by Gasteiger charge is 2.58. The molecule has 0 radical (unpaired) electrons. The van der Waals surface area contributed by atoms with Crippen molar-refractivity contribution < 1.29 is 38.0 Å². The molecule has 0 amide bonds. The van der Waals surface area contributed by atoms with E-state index in [4.69, 9.17) is 9.47 Å². The molecule has 5 atom stereocenters. The number of halogens is 2. The number of aliphatic hydroxyl groups excluding tert-OH is 2. The number of hydrogen-bond donors (Lipinski definition) is 2. The molecule has 0 aliphatic carbocycles. The van der Waals surface area contributed by atoms with Crippen molar-refractivity contribution in [2.75, 3.05) is 19.0 Å². The van der Waals surface area contributed by atoms with Crippen molar-refractivity contribution in [1.29, 1.82) is 0 Å². The van der Waals surface area contributed by atoms with Gasteiger partial charge in [0.2, 0.25) is 0 Å². The Morgan fingerprint density at radius 2 is 1.82 bits per heavy atom. The Hall–Kier alpha value is -2.20. The largest absolute Gasteiger partial charge is 0.508 e. The van der Waals surface area contributed by atoms with Gasteiger partial charge in [-0.15, -0.1) is 11.8 Å². The highest BCUT2D eigenvalue weighted by molar-refractivity contribution is 7.99. The molecule has 4 rings (SSSR count). The van der Waals surface area contributed by atoms with E-state index in [0.717, 1.165) is 28.2 Å². The Bertz CT molecular complexity index is 1010. The molecule has 0 bridgehead atoms. The van der Waals surface area contributed by atoms with Crippen LogP contribution in [0.25, 0.3) is 0 Å². The molecule has 2 aliphatic heterocycles. The van der Waals surface area contributed by atoms with Crippen LogP contribution in [0.2, 0.25) is 0 Å². The molecule has 1 fully saturated rings. The van der Waals surface area contributed by atoms with Crippen LogP contribution in [0.15, 0.2) is 47.4 Å². The Morgan fingerprint density at radius 1 is 1.12 bits per heavy atom. The summed E-state index contributed by atoms with van der Waals surface area (Å²) in [5.41, 5.74) is 3.89. The standard InChI is InChI=1S/C25H28F2O6S/c1-3-14-5-7-15(8-6-14)18-13-34-19-10-9-16(11-17(18)19)22-21(28)23(29)25(26,27)20(33-22)12-32-24(30)31-4-2/h5-11,18,20-23,28-29H,3-4,12-13H2,1-2H3. The molecule has 2 aromatic carbocycles. The van der Waals surface area contributed by atoms with Crippen molar-refractivity contribution in [1.82, 2.24) is 0 Å². The summed E-state index contributed by atoms with van der Waals surface area (Å²) in [6.45, 7) is 2.86. The quantitative estimate of drug-likeness (QED) is 0.574. The number of thioether (sulfide) groups is 1. The minimum Gasteiger partial charge on any atom is -0.435 e. The van der Waals surface area contributed by atoms with E-state index in [2.05, 4.69) is 35.9 Å². The molecule has 0 saturated carbocycles. The molecule has 6 nitrogen and oxygen atoms in total. The number of carbonyl (C=O) groups is 1. The van der Waals surface area contributed by atoms with Crippen LogP contribution in [0.1, 0.15) is 48.1 Å². The first kappa shape index (κ1) is 24.9. The second-order valence-corrected chi connectivity index (χ2v) is 9.47. The molecule has 9 heteroatoms. The minimum atomic E-state index is -3.82. The van der Waals surface area contributed by atoms with Crippen molar-refractivity contribution >= 4 is 17.9 Å². The van der Waals surface area contributed by atoms with Gasteiger partial charge < -0.3 is 24.4 Å². The molecule has 184 valence electrons. The van der Waals surface area contributed by atoms with Gasteiger partial charge in [0, 0.05) is 16.6 Å². The lowest BCUT2D eigenvalue weighted by atomic mass is 9.87. The maximum atomic E-state index is 14.6. The SMILES string of the molecule is CCOC(=O)OCC1OC(c2ccc3c(c2)C(c2ccc(CC)cc2)CS3)C(O)C(O)C1(F)F. The number of benzene rings is 2. The van der Waals surface area contributed by atoms with E-state index in [1.165, 1.54) is 5.56 Å². The Morgan fingerprint density at radius 3 is 2.50 bits per heavy atom. The topological polar surface area (TPSA) is 85.2 Å². The fraction of sp³-hybridized carbons (Fsp3) is 0.480. The van der Waals surface area contributed by atoms with Gasteiger partial charge in [0.15, 0.2) is 6.10 Å². The number of alkyl halides is 2. The lowest BCUT2D eigenvalue weighted by molar-refractivity contribution is -0.296. The fourth-order valence-electron chi connectivity index (χ4n) is 4.33. The average Bonchev–Trinajstić information content (AvgIpc) is 3.26. The average molecular weight is 495 g/mol. The highest BCUT2D eigenvalue weighted by atomic mass is 32.2. The minimum absolute atomic E-state index is 0.0280. The second kappa shape index (κ2) is 10.2. The van der Waals surface area contributed by atoms with Crippen LogP contribution in [0.5, 0.6) is 0 Å². The molecule has 0 spiro atoms. The zero-order valence-corrected chi connectivity index (χ0v) is 19.8. The predicted molar refractivity (Wildman–Crippen MR) is 122 cm³/mol. The van der Waals surface area contributed by atoms with Gasteiger partial charge in [0.25, 0.3) is 0 Å². The molecule has 5 unspecified atom stereocenters. The lowest BCUT2D eigenvalue weighted by Crippen LogP contribution is -2.60. The predicted octanol–water partition coefficient (Wildman–Crippen LogP) is 4.46. The molecular formula is C25H28F2O6S. The molecule has 1 saturated heterocycles. The van der Waals surface area contributed by atoms with Crippen LogP contribution in [0.4, 0.5) is 13.6 Å². The van der Waals surface area contributed by atoms with Gasteiger partial charge in [-0.3, -0.25) is 0 Å². The lowest BCUT2D eigenvalue weighted by Gasteiger charge is -2.42. The van der Waals surface area contributed by atoms with Crippen LogP contribution in [-0.4, -0.2) is 59.6 Å². The summed E-state index contributed by atoms with van der Waals surface area (Å²) < 4.78 is 44.1. The van der Waals surface area contributed by atoms with Gasteiger partial charge in [0.05, 0.1) is 6.61 Å². The van der Waals surface area contributed by atoms with Crippen molar-refractivity contribution in [3.63, 3.8) is 0 Å². The van der Waals surface area contributed by atoms with Gasteiger partial charge in [-0.05, 0) is 41.7 Å². The summed E-state index contributed by atoms with van der Waals surface area (Å²) in [6.07, 6.45) is -7.56. The van der Waals surface area contributed by atoms with Gasteiger partial charge in [-0.25, -0.2) is 13.6 Å². The van der Waals surface area contributed by atoms with Gasteiger partial charge in [-0.2, -0.15) is 0 Å². The van der Waals surface area contributed by atoms with Gasteiger partial charge in [-0.1, -0.05) is 43.3 Å². The van der Waals surface area contributed by atoms with E-state index in [-0.39, 0.29) is 12.5 Å². The zero-order valence-electron chi connectivity index (χ0n) is 18.9. The molecule has 2 N–H and O–H groups in total. The summed E-state index contributed by atoms with van der Waals surface area (Å²) >= 11 is 1.71. The Balaban J connectivity index is 1.58. The van der Waals surface area contributed by atoms with Gasteiger partial charge in [0.1, 0.15) is 24.9 Å². The summed E-state index contributed by atoms with van der Waals surface area (Å²) in [5, 5.41) is 20.7. The van der Waals surface area contributed by atoms with E-state index in [0.29, 0.717) is 5.56 Å². The molecule has 2 aliphatic rings. The number of rotatable bonds is 6. The van der Waals surface area contributed by atoms with E-state index in [1.807, 2.05) is 12.1 Å². The van der Waals surface area contributed by atoms with E-state index >= 15 is 0 Å². The van der Waals surface area contributed by atoms with Gasteiger partial charge >= 0.3 is 12.1 Å². The van der Waals surface area contributed by atoms with Crippen LogP contribution < -0.4 is 0 Å². The third-order valence-corrected chi connectivity index (χ3v) is 7.50. The molecule has 2 aromatic rings. The highest BCUT2D eigenvalue weighted by Crippen LogP contribution is 2.46. The third kappa shape index (κ3) is 4.79. The summed E-state index contributed by atoms with van der Waals surface area (Å²) in [5.74, 6) is -2.87. The van der Waals surface area contributed by atoms with Crippen LogP contribution >= 0.6 is 11.8 Å². The number of aliphatic hydroxyl groups is 2. The molecule has 2 heterocycles. The molecule has 0 aromatic heterocycles. The fourth-order valence-corrected chi connectivity index (χ4v) is 5.58. The maximum absolute atomic E-state index is 14.6. The van der Waals surface area contributed by atoms with Crippen molar-refractivity contribution in [2.45, 2.75) is 61.4 Å². The number of ether oxygens (including phenoxy) is 3. The van der Waals surface area contributed by atoms with Crippen LogP contribution in [-0.2, 0) is 20.6 Å². The second-order valence-electron chi connectivity index (χ2n) is 8.41. The summed E-state index contributed by atoms with van der Waals surface area (Å²) in [4.78, 5) is 12.5. The van der Waals surface area contributed by atoms with Crippen molar-refractivity contribution in [3.8, 4) is 0 Å². The van der Waals surface area contributed by atoms with E-state index in [1.54, 1.807) is 24.8 Å². The van der Waals surface area contributed by atoms with Crippen molar-refractivity contribution in [2.24, 2.45) is 0 Å². The van der Waals surface area contributed by atoms with Crippen LogP contribution in [0.3, 0.4) is 0 Å². The first-order valence-electron chi connectivity index (χ1n) is 11.3. The zero-order chi connectivity index (χ0) is 24.5. The smallest absolute Gasteiger partial charge is 0.435 e. The third-order valence-electron chi connectivity index (χ3n) is 6.32. The number of carbonyl (C=O) groups excluding carboxylic acids is 1. The number of aryl methyl sites for hydroxylation is 1. The molecular weight excluding hydrogens is 466 g/mol. The maximum Gasteiger partial charge on any atom is 0.508 e. The first-order chi connectivity index (χ1) is 16.3. The Kier molecular flexibility index (Phi) is 7.47. The molecule has 34 heavy (non-hydrogen) atoms. The number of hydrogen-bond acceptors (Lipinski definition) is 7. The summed E-state index contributed by atoms with van der Waals surface area (Å²) in [6, 6.07) is 13.8. The summed E-state index contributed by atoms with van der Waals surface area (Å²) in [7, 11) is 0. The van der Waals surface area contributed by atoms with E-state index < -0.39 is 43.1 Å².